The quantitative estimate of drug-likeness (QED) is 0.209. The fourth-order valence-corrected chi connectivity index (χ4v) is 6.14. The molecule has 0 aliphatic carbocycles. The van der Waals surface area contributed by atoms with E-state index in [0.717, 1.165) is 56.8 Å². The molecule has 0 saturated carbocycles. The predicted molar refractivity (Wildman–Crippen MR) is 159 cm³/mol. The normalized spacial score (nSPS) is 21.3. The molecule has 3 aliphatic rings. The Balaban J connectivity index is 1.15. The van der Waals surface area contributed by atoms with Crippen molar-refractivity contribution < 1.29 is 33.5 Å². The van der Waals surface area contributed by atoms with Crippen LogP contribution in [0, 0.1) is 11.3 Å². The first-order valence-electron chi connectivity index (χ1n) is 14.9. The monoisotopic (exact) mass is 593 g/mol. The molecule has 0 bridgehead atoms. The molecule has 0 radical (unpaired) electrons. The van der Waals surface area contributed by atoms with Gasteiger partial charge in [-0.1, -0.05) is 18.2 Å². The van der Waals surface area contributed by atoms with Crippen molar-refractivity contribution in [1.29, 1.82) is 5.26 Å². The van der Waals surface area contributed by atoms with Crippen LogP contribution in [-0.4, -0.2) is 120 Å². The number of rotatable bonds is 10. The average Bonchev–Trinajstić information content (AvgIpc) is 3.61. The molecule has 43 heavy (non-hydrogen) atoms. The number of ether oxygens (including phenoxy) is 2. The minimum atomic E-state index is -1.83. The number of para-hydroxylation sites is 1. The molecule has 2 atom stereocenters. The summed E-state index contributed by atoms with van der Waals surface area (Å²) < 4.78 is 16.3. The first kappa shape index (κ1) is 31.0. The van der Waals surface area contributed by atoms with Gasteiger partial charge in [0.1, 0.15) is 23.8 Å². The lowest BCUT2D eigenvalue weighted by molar-refractivity contribution is -0.128. The Hall–Kier alpha value is -3.41. The highest BCUT2D eigenvalue weighted by molar-refractivity contribution is 6.43. The van der Waals surface area contributed by atoms with Crippen LogP contribution in [0.4, 0.5) is 4.79 Å². The number of hydrogen-bond acceptors (Lipinski definition) is 10. The number of hydrogen-bond donors (Lipinski definition) is 3. The van der Waals surface area contributed by atoms with E-state index >= 15 is 0 Å². The van der Waals surface area contributed by atoms with Crippen LogP contribution < -0.4 is 5.32 Å². The van der Waals surface area contributed by atoms with Crippen LogP contribution >= 0.6 is 0 Å². The lowest BCUT2D eigenvalue weighted by Gasteiger charge is -2.46. The molecule has 4 heterocycles. The maximum atomic E-state index is 13.5. The molecule has 0 spiro atoms. The number of benzene rings is 1. The third-order valence-electron chi connectivity index (χ3n) is 8.82. The molecule has 230 valence electrons. The van der Waals surface area contributed by atoms with E-state index in [9.17, 15) is 24.9 Å². The zero-order chi connectivity index (χ0) is 30.6. The number of amides is 2. The summed E-state index contributed by atoms with van der Waals surface area (Å²) in [6.45, 7) is 9.50. The van der Waals surface area contributed by atoms with E-state index in [1.807, 2.05) is 32.0 Å². The third-order valence-corrected chi connectivity index (χ3v) is 8.82. The fourth-order valence-electron chi connectivity index (χ4n) is 6.14. The second-order valence-electron chi connectivity index (χ2n) is 12.1. The highest BCUT2D eigenvalue weighted by Crippen LogP contribution is 2.26. The van der Waals surface area contributed by atoms with E-state index < -0.39 is 24.7 Å². The van der Waals surface area contributed by atoms with Gasteiger partial charge in [0.15, 0.2) is 0 Å². The van der Waals surface area contributed by atoms with Gasteiger partial charge in [-0.05, 0) is 50.8 Å². The molecule has 12 nitrogen and oxygen atoms in total. The Kier molecular flexibility index (Phi) is 9.73. The molecule has 1 aromatic heterocycles. The second kappa shape index (κ2) is 13.5. The van der Waals surface area contributed by atoms with Crippen LogP contribution in [0.3, 0.4) is 0 Å². The van der Waals surface area contributed by atoms with Crippen LogP contribution in [0.25, 0.3) is 11.0 Å². The third kappa shape index (κ3) is 7.22. The fraction of sp³-hybridized carbons (Fsp3) is 0.567. The van der Waals surface area contributed by atoms with Crippen molar-refractivity contribution in [2.75, 3.05) is 52.5 Å². The molecular formula is C30H40BN5O7. The predicted octanol–water partition coefficient (Wildman–Crippen LogP) is 1.32. The molecule has 3 fully saturated rings. The van der Waals surface area contributed by atoms with Crippen LogP contribution in [0.1, 0.15) is 32.3 Å². The molecule has 3 saturated heterocycles. The van der Waals surface area contributed by atoms with Gasteiger partial charge in [0, 0.05) is 43.6 Å². The summed E-state index contributed by atoms with van der Waals surface area (Å²) in [6, 6.07) is 9.57. The van der Waals surface area contributed by atoms with Crippen molar-refractivity contribution in [2.45, 2.75) is 56.7 Å². The number of carbonyl (C=O) groups is 2. The highest BCUT2D eigenvalue weighted by Gasteiger charge is 2.36. The van der Waals surface area contributed by atoms with Gasteiger partial charge in [0.25, 0.3) is 5.91 Å². The summed E-state index contributed by atoms with van der Waals surface area (Å²) in [5.74, 6) is -1.41. The minimum Gasteiger partial charge on any atom is -0.464 e. The average molecular weight is 593 g/mol. The van der Waals surface area contributed by atoms with E-state index in [2.05, 4.69) is 21.2 Å². The lowest BCUT2D eigenvalue weighted by atomic mass is 9.76. The Labute approximate surface area is 251 Å². The molecule has 2 aromatic rings. The van der Waals surface area contributed by atoms with Crippen molar-refractivity contribution >= 4 is 30.1 Å². The topological polar surface area (TPSA) is 152 Å². The van der Waals surface area contributed by atoms with Gasteiger partial charge in [0.05, 0.1) is 37.5 Å². The van der Waals surface area contributed by atoms with Crippen LogP contribution in [0.5, 0.6) is 0 Å². The number of nitrogens with one attached hydrogen (secondary N) is 1. The van der Waals surface area contributed by atoms with Gasteiger partial charge in [-0.15, -0.1) is 0 Å². The van der Waals surface area contributed by atoms with Crippen molar-refractivity contribution in [3.63, 3.8) is 0 Å². The smallest absolute Gasteiger partial charge is 0.464 e. The minimum absolute atomic E-state index is 0.0740. The van der Waals surface area contributed by atoms with E-state index in [1.54, 1.807) is 17.0 Å². The van der Waals surface area contributed by atoms with Gasteiger partial charge < -0.3 is 34.2 Å². The van der Waals surface area contributed by atoms with Gasteiger partial charge in [-0.3, -0.25) is 14.6 Å². The molecular weight excluding hydrogens is 553 g/mol. The van der Waals surface area contributed by atoms with Gasteiger partial charge in [0.2, 0.25) is 0 Å². The van der Waals surface area contributed by atoms with E-state index in [0.29, 0.717) is 24.6 Å². The SMILES string of the molecule is CC(C)(/C=C(\C#N)C(=O)N1CCC[C@@H]1COC(=O)N[C@@H](Cc1coc2ccccc12)B(O)O)N1CCN(C2COC2)CC1. The largest absolute Gasteiger partial charge is 0.475 e. The summed E-state index contributed by atoms with van der Waals surface area (Å²) in [6.07, 6.45) is 3.93. The van der Waals surface area contributed by atoms with E-state index in [1.165, 1.54) is 6.26 Å². The zero-order valence-corrected chi connectivity index (χ0v) is 24.8. The van der Waals surface area contributed by atoms with E-state index in [4.69, 9.17) is 13.9 Å². The lowest BCUT2D eigenvalue weighted by Crippen LogP contribution is -2.59. The molecule has 3 aliphatic heterocycles. The van der Waals surface area contributed by atoms with Gasteiger partial charge in [-0.2, -0.15) is 5.26 Å². The summed E-state index contributed by atoms with van der Waals surface area (Å²) in [4.78, 5) is 32.5. The standard InChI is InChI=1S/C30H40BN5O7/c1-30(2,35-12-10-34(11-13-35)24-18-41-19-24)15-22(16-32)28(37)36-9-5-6-23(36)20-43-29(38)33-27(31(39)40)14-21-17-42-26-8-4-3-7-25(21)26/h3-4,7-8,15,17,23-24,27,39-40H,5-6,9-14,18-20H2,1-2H3,(H,33,38)/b22-15+/t23-,27+/m1/s1. The number of nitrogens with zero attached hydrogens (tertiary/aromatic N) is 4. The number of alkyl carbamates (subject to hydrolysis) is 1. The molecule has 2 amide bonds. The van der Waals surface area contributed by atoms with Crippen molar-refractivity contribution in [2.24, 2.45) is 0 Å². The Bertz CT molecular complexity index is 1360. The number of piperazine rings is 1. The van der Waals surface area contributed by atoms with Crippen LogP contribution in [0.2, 0.25) is 0 Å². The van der Waals surface area contributed by atoms with Crippen molar-refractivity contribution in [3.8, 4) is 6.07 Å². The highest BCUT2D eigenvalue weighted by atomic mass is 16.5. The Morgan fingerprint density at radius 3 is 2.63 bits per heavy atom. The summed E-state index contributed by atoms with van der Waals surface area (Å²) in [5.41, 5.74) is 0.963. The van der Waals surface area contributed by atoms with Crippen LogP contribution in [-0.2, 0) is 20.7 Å². The zero-order valence-electron chi connectivity index (χ0n) is 24.8. The van der Waals surface area contributed by atoms with Gasteiger partial charge in [-0.25, -0.2) is 4.79 Å². The Morgan fingerprint density at radius 1 is 1.21 bits per heavy atom. The molecule has 3 N–H and O–H groups in total. The molecule has 0 unspecified atom stereocenters. The molecule has 13 heteroatoms. The number of likely N-dealkylation sites (tertiary alicyclic amines) is 1. The number of carbonyl (C=O) groups excluding carboxylic acids is 2. The van der Waals surface area contributed by atoms with Crippen molar-refractivity contribution in [1.82, 2.24) is 20.0 Å². The summed E-state index contributed by atoms with van der Waals surface area (Å²) in [5, 5.41) is 33.1. The number of furan rings is 1. The van der Waals surface area contributed by atoms with E-state index in [-0.39, 0.29) is 30.5 Å². The number of nitriles is 1. The summed E-state index contributed by atoms with van der Waals surface area (Å²) in [7, 11) is -1.83. The first-order chi connectivity index (χ1) is 20.7. The maximum absolute atomic E-state index is 13.5. The van der Waals surface area contributed by atoms with Crippen molar-refractivity contribution in [3.05, 3.63) is 47.7 Å². The van der Waals surface area contributed by atoms with Crippen LogP contribution in [0.15, 0.2) is 46.6 Å². The molecule has 1 aromatic carbocycles. The summed E-state index contributed by atoms with van der Waals surface area (Å²) >= 11 is 0. The number of fused-ring (bicyclic) bond motifs is 1. The maximum Gasteiger partial charge on any atom is 0.475 e. The first-order valence-corrected chi connectivity index (χ1v) is 14.9. The molecule has 5 rings (SSSR count). The van der Waals surface area contributed by atoms with Gasteiger partial charge >= 0.3 is 13.2 Å². The Morgan fingerprint density at radius 2 is 1.95 bits per heavy atom. The second-order valence-corrected chi connectivity index (χ2v) is 12.1.